The van der Waals surface area contributed by atoms with Gasteiger partial charge in [0.1, 0.15) is 11.1 Å². The largest absolute Gasteiger partial charge is 0.497 e. The van der Waals surface area contributed by atoms with Crippen LogP contribution in [0, 0.1) is 0 Å². The highest BCUT2D eigenvalue weighted by molar-refractivity contribution is 6.33. The van der Waals surface area contributed by atoms with Gasteiger partial charge in [0.2, 0.25) is 5.91 Å². The van der Waals surface area contributed by atoms with Crippen molar-refractivity contribution in [1.29, 1.82) is 0 Å². The molecule has 1 aliphatic heterocycles. The van der Waals surface area contributed by atoms with E-state index < -0.39 is 5.38 Å². The Labute approximate surface area is 87.0 Å². The number of ether oxygens (including phenoxy) is 1. The molecular formula is C10H10ClNO2. The number of rotatable bonds is 2. The van der Waals surface area contributed by atoms with Crippen molar-refractivity contribution in [1.82, 2.24) is 5.32 Å². The van der Waals surface area contributed by atoms with E-state index in [2.05, 4.69) is 5.32 Å². The number of carbonyl (C=O) groups excluding carboxylic acids is 1. The van der Waals surface area contributed by atoms with Gasteiger partial charge in [0.25, 0.3) is 0 Å². The molecule has 1 aliphatic rings. The van der Waals surface area contributed by atoms with Crippen LogP contribution in [-0.4, -0.2) is 18.4 Å². The third-order valence-electron chi connectivity index (χ3n) is 2.32. The Hall–Kier alpha value is -1.22. The molecular weight excluding hydrogens is 202 g/mol. The zero-order valence-corrected chi connectivity index (χ0v) is 8.41. The lowest BCUT2D eigenvalue weighted by Gasteiger charge is -2.32. The molecule has 0 aromatic heterocycles. The molecule has 1 heterocycles. The summed E-state index contributed by atoms with van der Waals surface area (Å²) in [5.41, 5.74) is 1.01. The lowest BCUT2D eigenvalue weighted by atomic mass is 9.97. The van der Waals surface area contributed by atoms with Gasteiger partial charge in [0.05, 0.1) is 13.2 Å². The van der Waals surface area contributed by atoms with E-state index in [-0.39, 0.29) is 11.9 Å². The van der Waals surface area contributed by atoms with Crippen LogP contribution in [0.3, 0.4) is 0 Å². The highest BCUT2D eigenvalue weighted by Gasteiger charge is 2.38. The van der Waals surface area contributed by atoms with Crippen molar-refractivity contribution in [3.8, 4) is 5.75 Å². The Kier molecular flexibility index (Phi) is 2.33. The maximum atomic E-state index is 10.9. The minimum Gasteiger partial charge on any atom is -0.497 e. The molecule has 0 radical (unpaired) electrons. The van der Waals surface area contributed by atoms with Crippen LogP contribution in [-0.2, 0) is 4.79 Å². The van der Waals surface area contributed by atoms with Crippen molar-refractivity contribution in [2.45, 2.75) is 11.4 Å². The Balaban J connectivity index is 2.14. The smallest absolute Gasteiger partial charge is 0.241 e. The number of hydrogen-bond acceptors (Lipinski definition) is 2. The summed E-state index contributed by atoms with van der Waals surface area (Å²) in [5.74, 6) is 0.693. The van der Waals surface area contributed by atoms with Crippen molar-refractivity contribution >= 4 is 17.5 Å². The highest BCUT2D eigenvalue weighted by Crippen LogP contribution is 2.29. The molecule has 2 rings (SSSR count). The van der Waals surface area contributed by atoms with Gasteiger partial charge in [0, 0.05) is 0 Å². The second kappa shape index (κ2) is 3.50. The Morgan fingerprint density at radius 2 is 2.00 bits per heavy atom. The van der Waals surface area contributed by atoms with E-state index in [1.165, 1.54) is 0 Å². The SMILES string of the molecule is COc1ccc(C2NC(=O)C2Cl)cc1. The van der Waals surface area contributed by atoms with Gasteiger partial charge in [-0.05, 0) is 17.7 Å². The van der Waals surface area contributed by atoms with E-state index in [1.807, 2.05) is 24.3 Å². The molecule has 1 saturated heterocycles. The van der Waals surface area contributed by atoms with E-state index in [0.29, 0.717) is 0 Å². The summed E-state index contributed by atoms with van der Waals surface area (Å²) < 4.78 is 5.03. The average molecular weight is 212 g/mol. The van der Waals surface area contributed by atoms with Crippen molar-refractivity contribution in [3.05, 3.63) is 29.8 Å². The number of alkyl halides is 1. The Morgan fingerprint density at radius 3 is 2.43 bits per heavy atom. The number of carbonyl (C=O) groups is 1. The van der Waals surface area contributed by atoms with E-state index in [0.717, 1.165) is 11.3 Å². The quantitative estimate of drug-likeness (QED) is 0.595. The van der Waals surface area contributed by atoms with E-state index in [1.54, 1.807) is 7.11 Å². The molecule has 0 bridgehead atoms. The van der Waals surface area contributed by atoms with E-state index >= 15 is 0 Å². The van der Waals surface area contributed by atoms with Gasteiger partial charge in [-0.2, -0.15) is 0 Å². The monoisotopic (exact) mass is 211 g/mol. The van der Waals surface area contributed by atoms with Gasteiger partial charge < -0.3 is 10.1 Å². The predicted octanol–water partition coefficient (Wildman–Crippen LogP) is 1.47. The van der Waals surface area contributed by atoms with Crippen LogP contribution < -0.4 is 10.1 Å². The Bertz CT molecular complexity index is 350. The summed E-state index contributed by atoms with van der Waals surface area (Å²) in [4.78, 5) is 10.9. The molecule has 4 heteroatoms. The number of halogens is 1. The maximum absolute atomic E-state index is 10.9. The molecule has 0 aliphatic carbocycles. The van der Waals surface area contributed by atoms with Gasteiger partial charge in [-0.1, -0.05) is 12.1 Å². The van der Waals surface area contributed by atoms with Gasteiger partial charge in [-0.3, -0.25) is 4.79 Å². The normalized spacial score (nSPS) is 25.1. The zero-order valence-electron chi connectivity index (χ0n) is 7.66. The highest BCUT2D eigenvalue weighted by atomic mass is 35.5. The molecule has 1 fully saturated rings. The first-order valence-corrected chi connectivity index (χ1v) is 4.74. The summed E-state index contributed by atoms with van der Waals surface area (Å²) in [6.45, 7) is 0. The standard InChI is InChI=1S/C10H10ClNO2/c1-14-7-4-2-6(3-5-7)9-8(11)10(13)12-9/h2-5,8-9H,1H3,(H,12,13). The van der Waals surface area contributed by atoms with Gasteiger partial charge in [-0.25, -0.2) is 0 Å². The van der Waals surface area contributed by atoms with Gasteiger partial charge in [0.15, 0.2) is 0 Å². The summed E-state index contributed by atoms with van der Waals surface area (Å²) in [6, 6.07) is 7.44. The fourth-order valence-corrected chi connectivity index (χ4v) is 1.70. The second-order valence-electron chi connectivity index (χ2n) is 3.16. The fraction of sp³-hybridized carbons (Fsp3) is 0.300. The number of benzene rings is 1. The number of β-lactam (4-membered cyclic amide) rings is 1. The number of hydrogen-bond donors (Lipinski definition) is 1. The van der Waals surface area contributed by atoms with Crippen LogP contribution in [0.1, 0.15) is 11.6 Å². The van der Waals surface area contributed by atoms with E-state index in [9.17, 15) is 4.79 Å². The lowest BCUT2D eigenvalue weighted by Crippen LogP contribution is -2.52. The number of methoxy groups -OCH3 is 1. The van der Waals surface area contributed by atoms with E-state index in [4.69, 9.17) is 16.3 Å². The molecule has 1 amide bonds. The number of nitrogens with one attached hydrogen (secondary N) is 1. The van der Waals surface area contributed by atoms with Crippen molar-refractivity contribution in [3.63, 3.8) is 0 Å². The average Bonchev–Trinajstić information content (AvgIpc) is 2.25. The summed E-state index contributed by atoms with van der Waals surface area (Å²) in [5, 5.41) is 2.29. The maximum Gasteiger partial charge on any atom is 0.241 e. The number of amides is 1. The Morgan fingerprint density at radius 1 is 1.36 bits per heavy atom. The second-order valence-corrected chi connectivity index (χ2v) is 3.63. The first-order valence-electron chi connectivity index (χ1n) is 4.31. The topological polar surface area (TPSA) is 38.3 Å². The van der Waals surface area contributed by atoms with Gasteiger partial charge >= 0.3 is 0 Å². The molecule has 0 saturated carbocycles. The molecule has 74 valence electrons. The molecule has 1 N–H and O–H groups in total. The van der Waals surface area contributed by atoms with Crippen LogP contribution in [0.25, 0.3) is 0 Å². The summed E-state index contributed by atoms with van der Waals surface area (Å²) in [7, 11) is 1.62. The van der Waals surface area contributed by atoms with Crippen molar-refractivity contribution < 1.29 is 9.53 Å². The lowest BCUT2D eigenvalue weighted by molar-refractivity contribution is -0.127. The minimum absolute atomic E-state index is 0.0601. The molecule has 0 spiro atoms. The molecule has 3 nitrogen and oxygen atoms in total. The van der Waals surface area contributed by atoms with Crippen LogP contribution >= 0.6 is 11.6 Å². The minimum atomic E-state index is -0.441. The summed E-state index contributed by atoms with van der Waals surface area (Å²) >= 11 is 5.83. The molecule has 1 aromatic rings. The van der Waals surface area contributed by atoms with Crippen LogP contribution in [0.15, 0.2) is 24.3 Å². The van der Waals surface area contributed by atoms with Crippen LogP contribution in [0.4, 0.5) is 0 Å². The molecule has 14 heavy (non-hydrogen) atoms. The third-order valence-corrected chi connectivity index (χ3v) is 2.77. The zero-order chi connectivity index (χ0) is 10.1. The summed E-state index contributed by atoms with van der Waals surface area (Å²) in [6.07, 6.45) is 0. The van der Waals surface area contributed by atoms with Gasteiger partial charge in [-0.15, -0.1) is 11.6 Å². The third kappa shape index (κ3) is 1.44. The van der Waals surface area contributed by atoms with Crippen LogP contribution in [0.2, 0.25) is 0 Å². The molecule has 2 unspecified atom stereocenters. The van der Waals surface area contributed by atoms with Crippen LogP contribution in [0.5, 0.6) is 5.75 Å². The van der Waals surface area contributed by atoms with Crippen molar-refractivity contribution in [2.24, 2.45) is 0 Å². The fourth-order valence-electron chi connectivity index (χ4n) is 1.42. The molecule has 2 atom stereocenters. The first kappa shape index (κ1) is 9.34. The van der Waals surface area contributed by atoms with Crippen molar-refractivity contribution in [2.75, 3.05) is 7.11 Å². The first-order chi connectivity index (χ1) is 6.72. The molecule has 1 aromatic carbocycles. The predicted molar refractivity (Wildman–Crippen MR) is 53.5 cm³/mol.